The second-order valence-electron chi connectivity index (χ2n) is 3.44. The van der Waals surface area contributed by atoms with Gasteiger partial charge in [-0.05, 0) is 24.8 Å². The molecule has 1 aliphatic rings. The molecule has 0 saturated heterocycles. The van der Waals surface area contributed by atoms with Gasteiger partial charge in [0.25, 0.3) is 0 Å². The predicted molar refractivity (Wildman–Crippen MR) is 43.2 cm³/mol. The molecule has 0 saturated carbocycles. The molecule has 5 heteroatoms. The van der Waals surface area contributed by atoms with Gasteiger partial charge in [-0.2, -0.15) is 13.2 Å². The monoisotopic (exact) mass is 208 g/mol. The molecule has 2 nitrogen and oxygen atoms in total. The number of allylic oxidation sites excluding steroid dienone is 2. The molecule has 0 spiro atoms. The number of carbonyl (C=O) groups is 1. The van der Waals surface area contributed by atoms with E-state index in [0.717, 1.165) is 6.42 Å². The number of alkyl halides is 3. The Kier molecular flexibility index (Phi) is 3.18. The van der Waals surface area contributed by atoms with Crippen molar-refractivity contribution < 1.29 is 22.7 Å². The third kappa shape index (κ3) is 3.05. The molecule has 0 fully saturated rings. The second kappa shape index (κ2) is 4.02. The van der Waals surface area contributed by atoms with E-state index < -0.39 is 12.1 Å². The molecule has 0 aromatic carbocycles. The van der Waals surface area contributed by atoms with Crippen LogP contribution in [0.15, 0.2) is 11.8 Å². The van der Waals surface area contributed by atoms with E-state index >= 15 is 0 Å². The number of hydrogen-bond donors (Lipinski definition) is 0. The van der Waals surface area contributed by atoms with Gasteiger partial charge in [-0.1, -0.05) is 6.92 Å². The Hall–Kier alpha value is -1.00. The number of hydrogen-bond acceptors (Lipinski definition) is 2. The van der Waals surface area contributed by atoms with Crippen molar-refractivity contribution in [3.05, 3.63) is 11.8 Å². The Morgan fingerprint density at radius 3 is 2.64 bits per heavy atom. The highest BCUT2D eigenvalue weighted by Crippen LogP contribution is 2.26. The molecule has 1 unspecified atom stereocenters. The summed E-state index contributed by atoms with van der Waals surface area (Å²) in [6, 6.07) is 0. The second-order valence-corrected chi connectivity index (χ2v) is 3.44. The molecule has 0 heterocycles. The summed E-state index contributed by atoms with van der Waals surface area (Å²) in [4.78, 5) is 10.4. The van der Waals surface area contributed by atoms with Crippen LogP contribution in [0.1, 0.15) is 26.2 Å². The van der Waals surface area contributed by atoms with Crippen LogP contribution in [0.4, 0.5) is 13.2 Å². The zero-order chi connectivity index (χ0) is 10.8. The Labute approximate surface area is 79.7 Å². The molecule has 0 aliphatic heterocycles. The number of ether oxygens (including phenoxy) is 1. The predicted octanol–water partition coefficient (Wildman–Crippen LogP) is 2.80. The van der Waals surface area contributed by atoms with Crippen LogP contribution in [-0.2, 0) is 9.53 Å². The number of esters is 1. The molecule has 0 aromatic heterocycles. The molecule has 1 rings (SSSR count). The van der Waals surface area contributed by atoms with Crippen LogP contribution in [0.5, 0.6) is 0 Å². The van der Waals surface area contributed by atoms with Gasteiger partial charge in [-0.25, -0.2) is 4.79 Å². The third-order valence-electron chi connectivity index (χ3n) is 2.09. The third-order valence-corrected chi connectivity index (χ3v) is 2.09. The standard InChI is InChI=1S/C9H11F3O2/c1-6-2-4-7(5-3-6)14-8(13)9(10,11)12/h4,6H,2-3,5H2,1H3. The molecular weight excluding hydrogens is 197 g/mol. The van der Waals surface area contributed by atoms with Gasteiger partial charge in [-0.15, -0.1) is 0 Å². The van der Waals surface area contributed by atoms with Crippen molar-refractivity contribution in [3.8, 4) is 0 Å². The van der Waals surface area contributed by atoms with E-state index in [2.05, 4.69) is 4.74 Å². The molecule has 0 aromatic rings. The average Bonchev–Trinajstić information content (AvgIpc) is 2.07. The van der Waals surface area contributed by atoms with Gasteiger partial charge >= 0.3 is 12.1 Å². The summed E-state index contributed by atoms with van der Waals surface area (Å²) in [6.45, 7) is 2.00. The number of halogens is 3. The van der Waals surface area contributed by atoms with Crippen LogP contribution in [0.2, 0.25) is 0 Å². The van der Waals surface area contributed by atoms with Crippen LogP contribution >= 0.6 is 0 Å². The average molecular weight is 208 g/mol. The van der Waals surface area contributed by atoms with Gasteiger partial charge in [0.05, 0.1) is 0 Å². The summed E-state index contributed by atoms with van der Waals surface area (Å²) < 4.78 is 39.5. The quantitative estimate of drug-likeness (QED) is 0.619. The summed E-state index contributed by atoms with van der Waals surface area (Å²) in [6.07, 6.45) is -1.51. The molecule has 80 valence electrons. The van der Waals surface area contributed by atoms with E-state index in [9.17, 15) is 18.0 Å². The minimum atomic E-state index is -4.90. The van der Waals surface area contributed by atoms with Gasteiger partial charge < -0.3 is 4.74 Å². The highest BCUT2D eigenvalue weighted by Gasteiger charge is 2.41. The van der Waals surface area contributed by atoms with E-state index in [0.29, 0.717) is 18.8 Å². The summed E-state index contributed by atoms with van der Waals surface area (Å²) in [5.41, 5.74) is 0. The Morgan fingerprint density at radius 2 is 2.21 bits per heavy atom. The van der Waals surface area contributed by atoms with Gasteiger partial charge in [0.15, 0.2) is 0 Å². The normalized spacial score (nSPS) is 22.9. The number of carbonyl (C=O) groups excluding carboxylic acids is 1. The van der Waals surface area contributed by atoms with E-state index in [1.165, 1.54) is 0 Å². The van der Waals surface area contributed by atoms with E-state index in [4.69, 9.17) is 0 Å². The van der Waals surface area contributed by atoms with Crippen molar-refractivity contribution in [2.45, 2.75) is 32.4 Å². The lowest BCUT2D eigenvalue weighted by Crippen LogP contribution is -2.25. The Morgan fingerprint density at radius 1 is 1.57 bits per heavy atom. The fraction of sp³-hybridized carbons (Fsp3) is 0.667. The topological polar surface area (TPSA) is 26.3 Å². The van der Waals surface area contributed by atoms with E-state index in [-0.39, 0.29) is 5.76 Å². The van der Waals surface area contributed by atoms with E-state index in [1.807, 2.05) is 6.92 Å². The Bertz CT molecular complexity index is 255. The van der Waals surface area contributed by atoms with Gasteiger partial charge in [-0.3, -0.25) is 0 Å². The molecule has 0 amide bonds. The lowest BCUT2D eigenvalue weighted by Gasteiger charge is -2.18. The molecule has 1 aliphatic carbocycles. The van der Waals surface area contributed by atoms with Crippen molar-refractivity contribution in [1.29, 1.82) is 0 Å². The zero-order valence-electron chi connectivity index (χ0n) is 7.73. The largest absolute Gasteiger partial charge is 0.491 e. The maximum atomic E-state index is 11.8. The maximum Gasteiger partial charge on any atom is 0.491 e. The first-order valence-electron chi connectivity index (χ1n) is 4.37. The molecule has 1 atom stereocenters. The smallest absolute Gasteiger partial charge is 0.425 e. The van der Waals surface area contributed by atoms with Crippen molar-refractivity contribution >= 4 is 5.97 Å². The molecule has 0 N–H and O–H groups in total. The lowest BCUT2D eigenvalue weighted by molar-refractivity contribution is -0.195. The summed E-state index contributed by atoms with van der Waals surface area (Å²) >= 11 is 0. The lowest BCUT2D eigenvalue weighted by atomic mass is 9.95. The van der Waals surface area contributed by atoms with Crippen molar-refractivity contribution in [2.24, 2.45) is 5.92 Å². The molecule has 14 heavy (non-hydrogen) atoms. The summed E-state index contributed by atoms with van der Waals surface area (Å²) in [5.74, 6) is -1.54. The molecular formula is C9H11F3O2. The van der Waals surface area contributed by atoms with Crippen molar-refractivity contribution in [2.75, 3.05) is 0 Å². The first-order valence-corrected chi connectivity index (χ1v) is 4.37. The SMILES string of the molecule is CC1CC=C(OC(=O)C(F)(F)F)CC1. The first-order chi connectivity index (χ1) is 6.39. The van der Waals surface area contributed by atoms with Gasteiger partial charge in [0.2, 0.25) is 0 Å². The van der Waals surface area contributed by atoms with Crippen LogP contribution in [0, 0.1) is 5.92 Å². The Balaban J connectivity index is 2.50. The fourth-order valence-electron chi connectivity index (χ4n) is 1.21. The highest BCUT2D eigenvalue weighted by molar-refractivity contribution is 5.76. The van der Waals surface area contributed by atoms with Crippen LogP contribution in [-0.4, -0.2) is 12.1 Å². The highest BCUT2D eigenvalue weighted by atomic mass is 19.4. The minimum absolute atomic E-state index is 0.144. The minimum Gasteiger partial charge on any atom is -0.425 e. The van der Waals surface area contributed by atoms with Crippen LogP contribution in [0.3, 0.4) is 0 Å². The van der Waals surface area contributed by atoms with E-state index in [1.54, 1.807) is 6.08 Å². The zero-order valence-corrected chi connectivity index (χ0v) is 7.73. The van der Waals surface area contributed by atoms with Crippen LogP contribution in [0.25, 0.3) is 0 Å². The van der Waals surface area contributed by atoms with Crippen LogP contribution < -0.4 is 0 Å². The van der Waals surface area contributed by atoms with Crippen molar-refractivity contribution in [1.82, 2.24) is 0 Å². The summed E-state index contributed by atoms with van der Waals surface area (Å²) in [5, 5.41) is 0. The fourth-order valence-corrected chi connectivity index (χ4v) is 1.21. The van der Waals surface area contributed by atoms with Gasteiger partial charge in [0, 0.05) is 6.42 Å². The molecule has 0 radical (unpaired) electrons. The van der Waals surface area contributed by atoms with Gasteiger partial charge in [0.1, 0.15) is 5.76 Å². The number of rotatable bonds is 1. The summed E-state index contributed by atoms with van der Waals surface area (Å²) in [7, 11) is 0. The molecule has 0 bridgehead atoms. The first kappa shape index (κ1) is 11.1. The maximum absolute atomic E-state index is 11.8. The van der Waals surface area contributed by atoms with Crippen molar-refractivity contribution in [3.63, 3.8) is 0 Å².